The number of nitrogens with one attached hydrogen (secondary N) is 1. The molecule has 10 heteroatoms. The van der Waals surface area contributed by atoms with E-state index in [1.807, 2.05) is 0 Å². The van der Waals surface area contributed by atoms with Crippen LogP contribution in [-0.2, 0) is 9.59 Å². The van der Waals surface area contributed by atoms with Crippen LogP contribution in [0.1, 0.15) is 5.56 Å². The van der Waals surface area contributed by atoms with Crippen molar-refractivity contribution < 1.29 is 14.5 Å². The summed E-state index contributed by atoms with van der Waals surface area (Å²) in [4.78, 5) is 37.0. The van der Waals surface area contributed by atoms with Gasteiger partial charge in [-0.2, -0.15) is 0 Å². The third-order valence-electron chi connectivity index (χ3n) is 4.57. The SMILES string of the molecule is O=C1NC(=S)N(c2ccc(Cl)cc2)C(=O)/C1=C\c1ccn(-c2ccc([N+](=O)[O-])cc2)c1. The van der Waals surface area contributed by atoms with Gasteiger partial charge in [0.25, 0.3) is 17.5 Å². The van der Waals surface area contributed by atoms with Crippen LogP contribution < -0.4 is 10.2 Å². The number of anilines is 1. The van der Waals surface area contributed by atoms with Gasteiger partial charge in [-0.05, 0) is 66.3 Å². The highest BCUT2D eigenvalue weighted by Gasteiger charge is 2.34. The van der Waals surface area contributed by atoms with Gasteiger partial charge in [-0.1, -0.05) is 11.6 Å². The highest BCUT2D eigenvalue weighted by Crippen LogP contribution is 2.24. The number of benzene rings is 2. The summed E-state index contributed by atoms with van der Waals surface area (Å²) < 4.78 is 1.73. The minimum Gasteiger partial charge on any atom is -0.323 e. The number of nitrogens with zero attached hydrogens (tertiary/aromatic N) is 3. The molecule has 0 saturated carbocycles. The second-order valence-corrected chi connectivity index (χ2v) is 7.38. The molecule has 8 nitrogen and oxygen atoms in total. The predicted octanol–water partition coefficient (Wildman–Crippen LogP) is 3.87. The Morgan fingerprint density at radius 1 is 1.00 bits per heavy atom. The molecule has 31 heavy (non-hydrogen) atoms. The van der Waals surface area contributed by atoms with Crippen molar-refractivity contribution in [1.29, 1.82) is 0 Å². The van der Waals surface area contributed by atoms with Crippen LogP contribution in [0.4, 0.5) is 11.4 Å². The van der Waals surface area contributed by atoms with Crippen molar-refractivity contribution in [2.75, 3.05) is 4.90 Å². The lowest BCUT2D eigenvalue weighted by molar-refractivity contribution is -0.384. The quantitative estimate of drug-likeness (QED) is 0.213. The molecule has 0 atom stereocenters. The molecule has 0 radical (unpaired) electrons. The van der Waals surface area contributed by atoms with Crippen molar-refractivity contribution >= 4 is 58.2 Å². The fraction of sp³-hybridized carbons (Fsp3) is 0. The Bertz CT molecular complexity index is 1250. The van der Waals surface area contributed by atoms with Gasteiger partial charge in [0.1, 0.15) is 5.57 Å². The fourth-order valence-corrected chi connectivity index (χ4v) is 3.46. The van der Waals surface area contributed by atoms with Gasteiger partial charge in [-0.25, -0.2) is 0 Å². The smallest absolute Gasteiger partial charge is 0.270 e. The molecule has 2 heterocycles. The molecular weight excluding hydrogens is 440 g/mol. The van der Waals surface area contributed by atoms with E-state index in [-0.39, 0.29) is 16.4 Å². The number of halogens is 1. The van der Waals surface area contributed by atoms with E-state index in [1.165, 1.54) is 23.1 Å². The molecule has 0 aliphatic carbocycles. The van der Waals surface area contributed by atoms with Crippen molar-refractivity contribution in [3.63, 3.8) is 0 Å². The highest BCUT2D eigenvalue weighted by molar-refractivity contribution is 7.80. The first-order valence-electron chi connectivity index (χ1n) is 8.93. The van der Waals surface area contributed by atoms with Crippen LogP contribution in [0.3, 0.4) is 0 Å². The van der Waals surface area contributed by atoms with E-state index in [9.17, 15) is 19.7 Å². The van der Waals surface area contributed by atoms with Crippen LogP contribution in [0.2, 0.25) is 5.02 Å². The number of aromatic nitrogens is 1. The maximum atomic E-state index is 13.0. The number of non-ortho nitro benzene ring substituents is 1. The lowest BCUT2D eigenvalue weighted by Crippen LogP contribution is -2.54. The highest BCUT2D eigenvalue weighted by atomic mass is 35.5. The molecule has 0 bridgehead atoms. The molecule has 3 aromatic rings. The average molecular weight is 453 g/mol. The van der Waals surface area contributed by atoms with Crippen molar-refractivity contribution in [2.24, 2.45) is 0 Å². The third-order valence-corrected chi connectivity index (χ3v) is 5.11. The molecule has 1 aliphatic heterocycles. The van der Waals surface area contributed by atoms with Crippen LogP contribution in [0.15, 0.2) is 72.6 Å². The van der Waals surface area contributed by atoms with Gasteiger partial charge >= 0.3 is 0 Å². The third kappa shape index (κ3) is 4.09. The number of rotatable bonds is 4. The molecule has 1 saturated heterocycles. The minimum absolute atomic E-state index is 0.0130. The number of nitro benzene ring substituents is 1. The molecule has 0 unspecified atom stereocenters. The molecule has 1 aromatic heterocycles. The molecule has 1 N–H and O–H groups in total. The number of hydrogen-bond donors (Lipinski definition) is 1. The molecule has 4 rings (SSSR count). The minimum atomic E-state index is -0.594. The monoisotopic (exact) mass is 452 g/mol. The Labute approximate surface area is 186 Å². The van der Waals surface area contributed by atoms with Crippen LogP contribution in [-0.4, -0.2) is 26.4 Å². The van der Waals surface area contributed by atoms with Gasteiger partial charge in [-0.3, -0.25) is 29.9 Å². The first kappa shape index (κ1) is 20.5. The lowest BCUT2D eigenvalue weighted by atomic mass is 10.1. The molecular formula is C21H13ClN4O4S. The van der Waals surface area contributed by atoms with E-state index in [0.29, 0.717) is 22.0 Å². The Hall–Kier alpha value is -3.82. The maximum absolute atomic E-state index is 13.0. The summed E-state index contributed by atoms with van der Waals surface area (Å²) in [6.07, 6.45) is 4.89. The number of carbonyl (C=O) groups is 2. The van der Waals surface area contributed by atoms with E-state index in [4.69, 9.17) is 23.8 Å². The summed E-state index contributed by atoms with van der Waals surface area (Å²) in [5, 5.41) is 13.8. The van der Waals surface area contributed by atoms with Gasteiger partial charge in [0.2, 0.25) is 0 Å². The maximum Gasteiger partial charge on any atom is 0.270 e. The second kappa shape index (κ2) is 8.13. The van der Waals surface area contributed by atoms with Crippen molar-refractivity contribution in [3.05, 3.63) is 93.3 Å². The molecule has 154 valence electrons. The van der Waals surface area contributed by atoms with Gasteiger partial charge in [0, 0.05) is 35.2 Å². The van der Waals surface area contributed by atoms with Crippen molar-refractivity contribution in [2.45, 2.75) is 0 Å². The van der Waals surface area contributed by atoms with E-state index in [2.05, 4.69) is 5.32 Å². The number of thiocarbonyl (C=S) groups is 1. The number of hydrogen-bond acceptors (Lipinski definition) is 5. The number of carbonyl (C=O) groups excluding carboxylic acids is 2. The summed E-state index contributed by atoms with van der Waals surface area (Å²) in [6.45, 7) is 0. The summed E-state index contributed by atoms with van der Waals surface area (Å²) in [5.74, 6) is -1.15. The topological polar surface area (TPSA) is 97.5 Å². The predicted molar refractivity (Wildman–Crippen MR) is 120 cm³/mol. The van der Waals surface area contributed by atoms with E-state index >= 15 is 0 Å². The van der Waals surface area contributed by atoms with Crippen molar-refractivity contribution in [1.82, 2.24) is 9.88 Å². The largest absolute Gasteiger partial charge is 0.323 e. The second-order valence-electron chi connectivity index (χ2n) is 6.56. The van der Waals surface area contributed by atoms with Crippen LogP contribution in [0.25, 0.3) is 11.8 Å². The van der Waals surface area contributed by atoms with Crippen LogP contribution >= 0.6 is 23.8 Å². The van der Waals surface area contributed by atoms with Gasteiger partial charge in [0.15, 0.2) is 5.11 Å². The first-order valence-corrected chi connectivity index (χ1v) is 9.72. The fourth-order valence-electron chi connectivity index (χ4n) is 3.05. The van der Waals surface area contributed by atoms with Gasteiger partial charge in [0.05, 0.1) is 10.6 Å². The first-order chi connectivity index (χ1) is 14.8. The Kier molecular flexibility index (Phi) is 5.37. The van der Waals surface area contributed by atoms with Crippen LogP contribution in [0, 0.1) is 10.1 Å². The summed E-state index contributed by atoms with van der Waals surface area (Å²) in [6, 6.07) is 14.2. The number of nitro groups is 1. The Morgan fingerprint density at radius 3 is 2.29 bits per heavy atom. The summed E-state index contributed by atoms with van der Waals surface area (Å²) in [7, 11) is 0. The van der Waals surface area contributed by atoms with Gasteiger partial charge < -0.3 is 4.57 Å². The van der Waals surface area contributed by atoms with E-state index in [0.717, 1.165) is 0 Å². The standard InChI is InChI=1S/C21H13ClN4O4S/c22-14-1-3-16(4-2-14)25-20(28)18(19(27)23-21(25)31)11-13-9-10-24(12-13)15-5-7-17(8-6-15)26(29)30/h1-12H,(H,23,27,31)/b18-11-. The Morgan fingerprint density at radius 2 is 1.65 bits per heavy atom. The lowest BCUT2D eigenvalue weighted by Gasteiger charge is -2.28. The zero-order valence-corrected chi connectivity index (χ0v) is 17.3. The van der Waals surface area contributed by atoms with E-state index in [1.54, 1.807) is 59.4 Å². The molecule has 1 aliphatic rings. The molecule has 2 amide bonds. The molecule has 1 fully saturated rings. The zero-order valence-electron chi connectivity index (χ0n) is 15.7. The zero-order chi connectivity index (χ0) is 22.1. The normalized spacial score (nSPS) is 15.3. The summed E-state index contributed by atoms with van der Waals surface area (Å²) >= 11 is 11.1. The number of amides is 2. The van der Waals surface area contributed by atoms with Crippen molar-refractivity contribution in [3.8, 4) is 5.69 Å². The molecule has 2 aromatic carbocycles. The molecule has 0 spiro atoms. The average Bonchev–Trinajstić information content (AvgIpc) is 3.21. The Balaban J connectivity index is 1.63. The van der Waals surface area contributed by atoms with Crippen LogP contribution in [0.5, 0.6) is 0 Å². The van der Waals surface area contributed by atoms with Gasteiger partial charge in [-0.15, -0.1) is 0 Å². The summed E-state index contributed by atoms with van der Waals surface area (Å²) in [5.41, 5.74) is 1.68. The van der Waals surface area contributed by atoms with E-state index < -0.39 is 16.7 Å².